The van der Waals surface area contributed by atoms with Crippen LogP contribution in [0.3, 0.4) is 0 Å². The average Bonchev–Trinajstić information content (AvgIpc) is 2.89. The van der Waals surface area contributed by atoms with Crippen LogP contribution in [0.1, 0.15) is 18.2 Å². The number of sulfonamides is 1. The third kappa shape index (κ3) is 4.50. The minimum Gasteiger partial charge on any atom is -0.319 e. The number of likely N-dealkylation sites (N-methyl/N-ethyl adjacent to an activating group) is 1. The topological polar surface area (TPSA) is 61.4 Å². The Morgan fingerprint density at radius 3 is 2.86 bits per heavy atom. The maximum Gasteiger partial charge on any atom is 0.250 e. The van der Waals surface area contributed by atoms with Crippen molar-refractivity contribution in [2.75, 3.05) is 33.7 Å². The van der Waals surface area contributed by atoms with Crippen LogP contribution >= 0.6 is 11.3 Å². The summed E-state index contributed by atoms with van der Waals surface area (Å²) in [7, 11) is 0.590. The Bertz CT molecular complexity index is 556. The zero-order valence-corrected chi connectivity index (χ0v) is 14.6. The van der Waals surface area contributed by atoms with Crippen LogP contribution in [0.4, 0.5) is 0 Å². The van der Waals surface area contributed by atoms with E-state index in [1.54, 1.807) is 6.07 Å². The molecule has 0 aliphatic carbocycles. The van der Waals surface area contributed by atoms with Crippen molar-refractivity contribution in [1.82, 2.24) is 14.9 Å². The highest BCUT2D eigenvalue weighted by Crippen LogP contribution is 2.24. The average molecular weight is 332 g/mol. The lowest BCUT2D eigenvalue weighted by atomic mass is 9.95. The maximum atomic E-state index is 12.5. The molecule has 0 bridgehead atoms. The minimum absolute atomic E-state index is 0.0362. The van der Waals surface area contributed by atoms with E-state index >= 15 is 0 Å². The summed E-state index contributed by atoms with van der Waals surface area (Å²) in [5.41, 5.74) is 0. The first-order valence-electron chi connectivity index (χ1n) is 7.36. The summed E-state index contributed by atoms with van der Waals surface area (Å²) in [4.78, 5) is 3.34. The van der Waals surface area contributed by atoms with Crippen molar-refractivity contribution in [3.8, 4) is 0 Å². The molecule has 2 rings (SSSR count). The number of hydrogen-bond acceptors (Lipinski definition) is 5. The first kappa shape index (κ1) is 16.9. The number of nitrogens with zero attached hydrogens (tertiary/aromatic N) is 1. The van der Waals surface area contributed by atoms with Crippen molar-refractivity contribution in [2.24, 2.45) is 5.92 Å². The molecule has 1 aromatic heterocycles. The van der Waals surface area contributed by atoms with Crippen LogP contribution in [0.2, 0.25) is 0 Å². The Morgan fingerprint density at radius 1 is 1.43 bits per heavy atom. The largest absolute Gasteiger partial charge is 0.319 e. The van der Waals surface area contributed by atoms with Crippen LogP contribution < -0.4 is 10.0 Å². The van der Waals surface area contributed by atoms with Gasteiger partial charge < -0.3 is 10.2 Å². The van der Waals surface area contributed by atoms with Gasteiger partial charge in [0.15, 0.2) is 0 Å². The zero-order chi connectivity index (χ0) is 15.5. The Labute approximate surface area is 131 Å². The summed E-state index contributed by atoms with van der Waals surface area (Å²) in [6.07, 6.45) is 1.73. The molecule has 2 atom stereocenters. The van der Waals surface area contributed by atoms with E-state index in [1.165, 1.54) is 11.3 Å². The van der Waals surface area contributed by atoms with Gasteiger partial charge in [-0.2, -0.15) is 0 Å². The van der Waals surface area contributed by atoms with Gasteiger partial charge in [0.25, 0.3) is 0 Å². The highest BCUT2D eigenvalue weighted by atomic mass is 32.2. The molecule has 0 spiro atoms. The van der Waals surface area contributed by atoms with Crippen LogP contribution in [-0.2, 0) is 16.4 Å². The normalized spacial score (nSPS) is 24.3. The fraction of sp³-hybridized carbons (Fsp3) is 0.714. The number of thiophene rings is 1. The molecular weight excluding hydrogens is 306 g/mol. The molecule has 0 aromatic carbocycles. The van der Waals surface area contributed by atoms with Gasteiger partial charge in [-0.25, -0.2) is 13.1 Å². The van der Waals surface area contributed by atoms with Gasteiger partial charge in [0.2, 0.25) is 10.0 Å². The fourth-order valence-corrected chi connectivity index (χ4v) is 5.42. The van der Waals surface area contributed by atoms with Crippen LogP contribution in [0.15, 0.2) is 16.3 Å². The van der Waals surface area contributed by atoms with Gasteiger partial charge in [-0.05, 0) is 58.1 Å². The molecule has 2 unspecified atom stereocenters. The predicted octanol–water partition coefficient (Wildman–Crippen LogP) is 1.13. The van der Waals surface area contributed by atoms with Crippen LogP contribution in [0.25, 0.3) is 0 Å². The monoisotopic (exact) mass is 331 g/mol. The maximum absolute atomic E-state index is 12.5. The highest BCUT2D eigenvalue weighted by molar-refractivity contribution is 7.91. The van der Waals surface area contributed by atoms with Gasteiger partial charge >= 0.3 is 0 Å². The molecule has 0 radical (unpaired) electrons. The summed E-state index contributed by atoms with van der Waals surface area (Å²) in [6, 6.07) is 3.67. The van der Waals surface area contributed by atoms with Gasteiger partial charge in [0, 0.05) is 17.5 Å². The van der Waals surface area contributed by atoms with Gasteiger partial charge in [-0.15, -0.1) is 11.3 Å². The summed E-state index contributed by atoms with van der Waals surface area (Å²) in [6.45, 7) is 4.84. The smallest absolute Gasteiger partial charge is 0.250 e. The zero-order valence-electron chi connectivity index (χ0n) is 12.9. The van der Waals surface area contributed by atoms with E-state index in [1.807, 2.05) is 13.1 Å². The molecule has 1 fully saturated rings. The van der Waals surface area contributed by atoms with Crippen molar-refractivity contribution >= 4 is 21.4 Å². The Balaban J connectivity index is 2.02. The molecule has 0 amide bonds. The fourth-order valence-electron chi connectivity index (χ4n) is 2.67. The third-order valence-electron chi connectivity index (χ3n) is 3.94. The van der Waals surface area contributed by atoms with E-state index in [-0.39, 0.29) is 6.04 Å². The second kappa shape index (κ2) is 7.19. The lowest BCUT2D eigenvalue weighted by Gasteiger charge is -2.34. The van der Waals surface area contributed by atoms with Crippen LogP contribution in [-0.4, -0.2) is 53.1 Å². The summed E-state index contributed by atoms with van der Waals surface area (Å²) in [5, 5.41) is 3.08. The molecule has 2 N–H and O–H groups in total. The molecule has 120 valence electrons. The molecular formula is C14H25N3O2S2. The first-order valence-corrected chi connectivity index (χ1v) is 9.66. The molecule has 1 aliphatic heterocycles. The van der Waals surface area contributed by atoms with Crippen molar-refractivity contribution in [3.63, 3.8) is 0 Å². The molecule has 7 heteroatoms. The summed E-state index contributed by atoms with van der Waals surface area (Å²) in [5.74, 6) is 0.335. The van der Waals surface area contributed by atoms with Crippen LogP contribution in [0, 0.1) is 5.92 Å². The van der Waals surface area contributed by atoms with E-state index in [4.69, 9.17) is 0 Å². The van der Waals surface area contributed by atoms with Crippen molar-refractivity contribution in [1.29, 1.82) is 0 Å². The summed E-state index contributed by atoms with van der Waals surface area (Å²) >= 11 is 1.37. The molecule has 1 aliphatic rings. The molecule has 2 heterocycles. The Morgan fingerprint density at radius 2 is 2.19 bits per heavy atom. The number of rotatable bonds is 6. The standard InChI is InChI=1S/C14H25N3O2S2/c1-11-10-17(3)9-7-13(11)16-21(18,19)14-5-4-12(20-14)6-8-15-2/h4-5,11,13,15-16H,6-10H2,1-3H3. The van der Waals surface area contributed by atoms with E-state index in [2.05, 4.69) is 28.9 Å². The van der Waals surface area contributed by atoms with E-state index in [0.29, 0.717) is 10.1 Å². The minimum atomic E-state index is -3.38. The molecule has 1 saturated heterocycles. The quantitative estimate of drug-likeness (QED) is 0.820. The number of likely N-dealkylation sites (tertiary alicyclic amines) is 1. The van der Waals surface area contributed by atoms with Crippen molar-refractivity contribution in [3.05, 3.63) is 17.0 Å². The van der Waals surface area contributed by atoms with Crippen LogP contribution in [0.5, 0.6) is 0 Å². The number of piperidine rings is 1. The number of hydrogen-bond donors (Lipinski definition) is 2. The number of nitrogens with one attached hydrogen (secondary N) is 2. The van der Waals surface area contributed by atoms with E-state index in [0.717, 1.165) is 37.4 Å². The third-order valence-corrected chi connectivity index (χ3v) is 7.06. The van der Waals surface area contributed by atoms with Gasteiger partial charge in [0.1, 0.15) is 4.21 Å². The second-order valence-electron chi connectivity index (χ2n) is 5.83. The Hall–Kier alpha value is -0.470. The van der Waals surface area contributed by atoms with Crippen molar-refractivity contribution in [2.45, 2.75) is 30.0 Å². The second-order valence-corrected chi connectivity index (χ2v) is 8.94. The molecule has 1 aromatic rings. The SMILES string of the molecule is CNCCc1ccc(S(=O)(=O)NC2CCN(C)CC2C)s1. The van der Waals surface area contributed by atoms with E-state index in [9.17, 15) is 8.42 Å². The molecule has 5 nitrogen and oxygen atoms in total. The van der Waals surface area contributed by atoms with Gasteiger partial charge in [-0.3, -0.25) is 0 Å². The van der Waals surface area contributed by atoms with Gasteiger partial charge in [0.05, 0.1) is 0 Å². The Kier molecular flexibility index (Phi) is 5.79. The van der Waals surface area contributed by atoms with E-state index < -0.39 is 10.0 Å². The van der Waals surface area contributed by atoms with Gasteiger partial charge in [-0.1, -0.05) is 6.92 Å². The lowest BCUT2D eigenvalue weighted by molar-refractivity contribution is 0.188. The molecule has 21 heavy (non-hydrogen) atoms. The summed E-state index contributed by atoms with van der Waals surface area (Å²) < 4.78 is 28.3. The van der Waals surface area contributed by atoms with Crippen molar-refractivity contribution < 1.29 is 8.42 Å². The first-order chi connectivity index (χ1) is 9.92. The molecule has 0 saturated carbocycles. The predicted molar refractivity (Wildman–Crippen MR) is 87.3 cm³/mol. The lowest BCUT2D eigenvalue weighted by Crippen LogP contribution is -2.48. The highest BCUT2D eigenvalue weighted by Gasteiger charge is 2.29.